The predicted molar refractivity (Wildman–Crippen MR) is 102 cm³/mol. The Hall–Kier alpha value is -3.73. The van der Waals surface area contributed by atoms with Gasteiger partial charge in [0.2, 0.25) is 6.79 Å². The summed E-state index contributed by atoms with van der Waals surface area (Å²) in [7, 11) is 3.08. The molecule has 1 aliphatic rings. The Kier molecular flexibility index (Phi) is 6.31. The molecular weight excluding hydrogens is 364 g/mol. The number of ether oxygens (including phenoxy) is 5. The summed E-state index contributed by atoms with van der Waals surface area (Å²) in [5.41, 5.74) is 0.528. The minimum absolute atomic E-state index is 0.175. The van der Waals surface area contributed by atoms with Crippen molar-refractivity contribution in [2.75, 3.05) is 39.5 Å². The summed E-state index contributed by atoms with van der Waals surface area (Å²) < 4.78 is 26.4. The van der Waals surface area contributed by atoms with Crippen LogP contribution in [0.5, 0.6) is 28.7 Å². The number of rotatable bonds is 6. The minimum Gasteiger partial charge on any atom is -0.497 e. The number of hydrogen-bond acceptors (Lipinski definition) is 6. The normalized spacial score (nSPS) is 11.1. The number of hydrogen-bond donors (Lipinski definition) is 2. The zero-order chi connectivity index (χ0) is 19.8. The fraction of sp³-hybridized carbons (Fsp3) is 0.250. The largest absolute Gasteiger partial charge is 0.497 e. The lowest BCUT2D eigenvalue weighted by Crippen LogP contribution is -2.29. The first-order valence-electron chi connectivity index (χ1n) is 8.44. The molecule has 0 unspecified atom stereocenters. The van der Waals surface area contributed by atoms with E-state index in [1.807, 2.05) is 0 Å². The Balaban J connectivity index is 1.41. The molecule has 2 amide bonds. The van der Waals surface area contributed by atoms with Crippen LogP contribution in [0.2, 0.25) is 0 Å². The van der Waals surface area contributed by atoms with Gasteiger partial charge >= 0.3 is 6.03 Å². The highest BCUT2D eigenvalue weighted by atomic mass is 16.7. The Labute approximate surface area is 162 Å². The van der Waals surface area contributed by atoms with Gasteiger partial charge in [0.15, 0.2) is 11.5 Å². The minimum atomic E-state index is -0.394. The molecule has 1 heterocycles. The first-order chi connectivity index (χ1) is 13.7. The highest BCUT2D eigenvalue weighted by Gasteiger charge is 2.13. The zero-order valence-corrected chi connectivity index (χ0v) is 15.5. The lowest BCUT2D eigenvalue weighted by Gasteiger charge is -2.11. The Morgan fingerprint density at radius 1 is 1.04 bits per heavy atom. The smallest absolute Gasteiger partial charge is 0.320 e. The van der Waals surface area contributed by atoms with Crippen LogP contribution in [-0.4, -0.2) is 40.2 Å². The molecule has 1 aliphatic heterocycles. The number of carbonyl (C=O) groups is 1. The van der Waals surface area contributed by atoms with Crippen LogP contribution < -0.4 is 34.3 Å². The van der Waals surface area contributed by atoms with Crippen LogP contribution in [0.1, 0.15) is 0 Å². The van der Waals surface area contributed by atoms with Gasteiger partial charge in [-0.2, -0.15) is 0 Å². The van der Waals surface area contributed by atoms with Crippen LogP contribution in [0.3, 0.4) is 0 Å². The second-order valence-corrected chi connectivity index (χ2v) is 5.53. The van der Waals surface area contributed by atoms with Crippen LogP contribution in [0.15, 0.2) is 36.4 Å². The highest BCUT2D eigenvalue weighted by molar-refractivity contribution is 5.91. The lowest BCUT2D eigenvalue weighted by atomic mass is 10.2. The first-order valence-corrected chi connectivity index (χ1v) is 8.44. The number of nitrogens with one attached hydrogen (secondary N) is 2. The van der Waals surface area contributed by atoms with Crippen LogP contribution in [0.4, 0.5) is 10.5 Å². The molecule has 0 saturated carbocycles. The summed E-state index contributed by atoms with van der Waals surface area (Å²) in [6.07, 6.45) is 0. The van der Waals surface area contributed by atoms with Gasteiger partial charge in [0.25, 0.3) is 0 Å². The third kappa shape index (κ3) is 4.92. The van der Waals surface area contributed by atoms with Gasteiger partial charge in [0.05, 0.1) is 26.5 Å². The molecule has 0 bridgehead atoms. The molecule has 0 fully saturated rings. The van der Waals surface area contributed by atoms with Crippen molar-refractivity contribution in [2.24, 2.45) is 0 Å². The van der Waals surface area contributed by atoms with Crippen LogP contribution >= 0.6 is 0 Å². The predicted octanol–water partition coefficient (Wildman–Crippen LogP) is 2.64. The fourth-order valence-electron chi connectivity index (χ4n) is 2.39. The third-order valence-electron chi connectivity index (χ3n) is 3.77. The van der Waals surface area contributed by atoms with E-state index in [0.717, 1.165) is 0 Å². The highest BCUT2D eigenvalue weighted by Crippen LogP contribution is 2.35. The van der Waals surface area contributed by atoms with E-state index in [9.17, 15) is 4.79 Å². The van der Waals surface area contributed by atoms with Crippen molar-refractivity contribution < 1.29 is 28.5 Å². The van der Waals surface area contributed by atoms with E-state index < -0.39 is 6.03 Å². The van der Waals surface area contributed by atoms with Gasteiger partial charge in [-0.1, -0.05) is 11.8 Å². The summed E-state index contributed by atoms with van der Waals surface area (Å²) in [6.45, 7) is 0.582. The summed E-state index contributed by atoms with van der Waals surface area (Å²) in [6, 6.07) is 10.0. The van der Waals surface area contributed by atoms with Gasteiger partial charge in [0.1, 0.15) is 23.9 Å². The van der Waals surface area contributed by atoms with E-state index in [0.29, 0.717) is 34.4 Å². The van der Waals surface area contributed by atoms with Crippen molar-refractivity contribution in [1.82, 2.24) is 5.32 Å². The third-order valence-corrected chi connectivity index (χ3v) is 3.77. The van der Waals surface area contributed by atoms with Crippen molar-refractivity contribution >= 4 is 11.7 Å². The standard InChI is InChI=1S/C20H20N2O6/c1-24-14-5-7-16(18(11-14)25-2)22-20(23)21-9-3-4-10-26-15-6-8-17-19(12-15)28-13-27-17/h5-8,11-12H,9-10,13H2,1-2H3,(H2,21,22,23). The van der Waals surface area contributed by atoms with E-state index >= 15 is 0 Å². The molecule has 146 valence electrons. The zero-order valence-electron chi connectivity index (χ0n) is 15.5. The number of anilines is 1. The van der Waals surface area contributed by atoms with Gasteiger partial charge in [0, 0.05) is 12.1 Å². The number of fused-ring (bicyclic) bond motifs is 1. The molecule has 2 aromatic rings. The average molecular weight is 384 g/mol. The molecule has 0 aliphatic carbocycles. The quantitative estimate of drug-likeness (QED) is 0.745. The lowest BCUT2D eigenvalue weighted by molar-refractivity contribution is 0.174. The number of urea groups is 1. The Bertz CT molecular complexity index is 903. The molecule has 0 radical (unpaired) electrons. The monoisotopic (exact) mass is 384 g/mol. The van der Waals surface area contributed by atoms with E-state index in [2.05, 4.69) is 22.5 Å². The average Bonchev–Trinajstić information content (AvgIpc) is 3.18. The van der Waals surface area contributed by atoms with Crippen molar-refractivity contribution in [3.8, 4) is 40.6 Å². The van der Waals surface area contributed by atoms with Gasteiger partial charge < -0.3 is 34.3 Å². The van der Waals surface area contributed by atoms with Gasteiger partial charge in [-0.05, 0) is 24.3 Å². The van der Waals surface area contributed by atoms with Crippen molar-refractivity contribution in [3.63, 3.8) is 0 Å². The molecule has 2 N–H and O–H groups in total. The van der Waals surface area contributed by atoms with Crippen LogP contribution in [0.25, 0.3) is 0 Å². The van der Waals surface area contributed by atoms with Crippen LogP contribution in [0, 0.1) is 11.8 Å². The molecular formula is C20H20N2O6. The molecule has 0 saturated heterocycles. The maximum Gasteiger partial charge on any atom is 0.320 e. The van der Waals surface area contributed by atoms with Gasteiger partial charge in [-0.15, -0.1) is 0 Å². The summed E-state index contributed by atoms with van der Waals surface area (Å²) in [4.78, 5) is 12.0. The number of carbonyl (C=O) groups excluding carboxylic acids is 1. The first kappa shape index (κ1) is 19.0. The van der Waals surface area contributed by atoms with Crippen LogP contribution in [-0.2, 0) is 0 Å². The van der Waals surface area contributed by atoms with E-state index in [-0.39, 0.29) is 19.9 Å². The van der Waals surface area contributed by atoms with Gasteiger partial charge in [-0.25, -0.2) is 4.79 Å². The second-order valence-electron chi connectivity index (χ2n) is 5.53. The molecule has 0 atom stereocenters. The molecule has 8 heteroatoms. The summed E-state index contributed by atoms with van der Waals surface area (Å²) in [5, 5.41) is 5.34. The maximum absolute atomic E-state index is 12.0. The number of amides is 2. The molecule has 8 nitrogen and oxygen atoms in total. The topological polar surface area (TPSA) is 87.3 Å². The Morgan fingerprint density at radius 3 is 2.68 bits per heavy atom. The van der Waals surface area contributed by atoms with E-state index in [1.165, 1.54) is 7.11 Å². The fourth-order valence-corrected chi connectivity index (χ4v) is 2.39. The van der Waals surface area contributed by atoms with Crippen molar-refractivity contribution in [3.05, 3.63) is 36.4 Å². The second kappa shape index (κ2) is 9.28. The molecule has 0 spiro atoms. The van der Waals surface area contributed by atoms with Crippen molar-refractivity contribution in [2.45, 2.75) is 0 Å². The molecule has 28 heavy (non-hydrogen) atoms. The molecule has 3 rings (SSSR count). The SMILES string of the molecule is COc1ccc(NC(=O)NCC#CCOc2ccc3c(c2)OCO3)c(OC)c1. The van der Waals surface area contributed by atoms with E-state index in [4.69, 9.17) is 23.7 Å². The maximum atomic E-state index is 12.0. The van der Waals surface area contributed by atoms with Gasteiger partial charge in [-0.3, -0.25) is 0 Å². The summed E-state index contributed by atoms with van der Waals surface area (Å²) >= 11 is 0. The molecule has 2 aromatic carbocycles. The Morgan fingerprint density at radius 2 is 1.86 bits per heavy atom. The summed E-state index contributed by atoms with van der Waals surface area (Å²) in [5.74, 6) is 8.76. The number of benzene rings is 2. The van der Waals surface area contributed by atoms with Crippen molar-refractivity contribution in [1.29, 1.82) is 0 Å². The van der Waals surface area contributed by atoms with E-state index in [1.54, 1.807) is 43.5 Å². The number of methoxy groups -OCH3 is 2. The molecule has 0 aromatic heterocycles.